The number of aromatic nitrogens is 3. The van der Waals surface area contributed by atoms with Gasteiger partial charge in [-0.1, -0.05) is 97.1 Å². The average Bonchev–Trinajstić information content (AvgIpc) is 3.74. The van der Waals surface area contributed by atoms with Crippen molar-refractivity contribution in [1.29, 1.82) is 0 Å². The van der Waals surface area contributed by atoms with Crippen LogP contribution in [-0.2, 0) is 6.54 Å². The third kappa shape index (κ3) is 4.24. The predicted molar refractivity (Wildman–Crippen MR) is 187 cm³/mol. The van der Waals surface area contributed by atoms with Crippen LogP contribution in [0.1, 0.15) is 24.1 Å². The lowest BCUT2D eigenvalue weighted by Gasteiger charge is -2.30. The molecule has 0 fully saturated rings. The van der Waals surface area contributed by atoms with Gasteiger partial charge in [-0.2, -0.15) is 0 Å². The first kappa shape index (κ1) is 26.5. The Balaban J connectivity index is 1.10. The van der Waals surface area contributed by atoms with E-state index >= 15 is 0 Å². The number of hydrogen-bond acceptors (Lipinski definition) is 4. The lowest BCUT2D eigenvalue weighted by Crippen LogP contribution is -2.18. The van der Waals surface area contributed by atoms with Gasteiger partial charge in [0.15, 0.2) is 5.58 Å². The molecule has 1 atom stereocenters. The van der Waals surface area contributed by atoms with E-state index in [4.69, 9.17) is 14.4 Å². The van der Waals surface area contributed by atoms with E-state index in [9.17, 15) is 0 Å². The summed E-state index contributed by atoms with van der Waals surface area (Å²) in [5.74, 6) is 1.64. The lowest BCUT2D eigenvalue weighted by molar-refractivity contribution is 0.620. The molecule has 5 heteroatoms. The van der Waals surface area contributed by atoms with Crippen LogP contribution < -0.4 is 5.32 Å². The maximum absolute atomic E-state index is 6.28. The van der Waals surface area contributed by atoms with E-state index in [-0.39, 0.29) is 6.04 Å². The summed E-state index contributed by atoms with van der Waals surface area (Å²) in [6.07, 6.45) is 0. The van der Waals surface area contributed by atoms with Crippen LogP contribution in [0.5, 0.6) is 0 Å². The third-order valence-electron chi connectivity index (χ3n) is 9.09. The van der Waals surface area contributed by atoms with Crippen LogP contribution in [0.4, 0.5) is 5.69 Å². The first-order chi connectivity index (χ1) is 22.7. The highest BCUT2D eigenvalue weighted by Gasteiger charge is 2.29. The van der Waals surface area contributed by atoms with Crippen LogP contribution >= 0.6 is 0 Å². The summed E-state index contributed by atoms with van der Waals surface area (Å²) in [7, 11) is 0. The second kappa shape index (κ2) is 10.6. The molecule has 1 N–H and O–H groups in total. The van der Waals surface area contributed by atoms with Crippen molar-refractivity contribution in [2.45, 2.75) is 19.5 Å². The first-order valence-electron chi connectivity index (χ1n) is 15.8. The van der Waals surface area contributed by atoms with Crippen LogP contribution in [0.3, 0.4) is 0 Å². The number of para-hydroxylation sites is 3. The fourth-order valence-electron chi connectivity index (χ4n) is 6.88. The van der Waals surface area contributed by atoms with Crippen molar-refractivity contribution in [2.75, 3.05) is 5.32 Å². The number of nitrogens with zero attached hydrogens (tertiary/aromatic N) is 3. The standard InChI is InChI=1S/C41H30N4O/c1-2-45-35-18-9-8-17-34(35)43-40(45)30-14-10-13-29(25-30)26-19-21-27(22-20-26)38-32-23-24-36-39(37(32)31-15-6-7-16-33(31)42-38)44-41(46-36)28-11-4-3-5-12-28/h3-25,38,42H,2H2,1H3. The Bertz CT molecular complexity index is 2380. The smallest absolute Gasteiger partial charge is 0.227 e. The molecule has 1 unspecified atom stereocenters. The second-order valence-corrected chi connectivity index (χ2v) is 11.8. The Kier molecular flexibility index (Phi) is 6.10. The van der Waals surface area contributed by atoms with Gasteiger partial charge in [-0.15, -0.1) is 0 Å². The monoisotopic (exact) mass is 594 g/mol. The number of nitrogens with one attached hydrogen (secondary N) is 1. The molecule has 2 aromatic heterocycles. The van der Waals surface area contributed by atoms with Crippen LogP contribution in [-0.4, -0.2) is 14.5 Å². The molecule has 5 nitrogen and oxygen atoms in total. The molecular formula is C41H30N4O. The molecule has 1 aliphatic heterocycles. The molecule has 0 radical (unpaired) electrons. The van der Waals surface area contributed by atoms with Gasteiger partial charge in [0.05, 0.1) is 17.1 Å². The van der Waals surface area contributed by atoms with E-state index < -0.39 is 0 Å². The van der Waals surface area contributed by atoms with Gasteiger partial charge in [-0.3, -0.25) is 0 Å². The van der Waals surface area contributed by atoms with Crippen LogP contribution in [0.25, 0.3) is 67.2 Å². The fraction of sp³-hybridized carbons (Fsp3) is 0.0732. The molecule has 0 saturated carbocycles. The number of fused-ring (bicyclic) bond motifs is 6. The largest absolute Gasteiger partial charge is 0.436 e. The number of rotatable bonds is 5. The maximum atomic E-state index is 6.28. The predicted octanol–water partition coefficient (Wildman–Crippen LogP) is 10.4. The fourth-order valence-corrected chi connectivity index (χ4v) is 6.88. The molecule has 0 aliphatic carbocycles. The van der Waals surface area contributed by atoms with Crippen molar-refractivity contribution < 1.29 is 4.42 Å². The van der Waals surface area contributed by atoms with Gasteiger partial charge in [0, 0.05) is 34.5 Å². The molecule has 220 valence electrons. The molecule has 0 saturated heterocycles. The Morgan fingerprint density at radius 2 is 1.43 bits per heavy atom. The van der Waals surface area contributed by atoms with Crippen molar-refractivity contribution in [3.05, 3.63) is 151 Å². The number of anilines is 1. The number of oxazole rings is 1. The number of aryl methyl sites for hydroxylation is 1. The zero-order valence-corrected chi connectivity index (χ0v) is 25.3. The zero-order chi connectivity index (χ0) is 30.6. The summed E-state index contributed by atoms with van der Waals surface area (Å²) in [6.45, 7) is 3.04. The molecule has 1 aliphatic rings. The normalized spacial score (nSPS) is 13.8. The number of benzene rings is 6. The molecular weight excluding hydrogens is 564 g/mol. The highest BCUT2D eigenvalue weighted by Crippen LogP contribution is 2.46. The number of hydrogen-bond donors (Lipinski definition) is 1. The SMILES string of the molecule is CCn1c(-c2cccc(-c3ccc(C4Nc5ccccc5-c5c4ccc4oc(-c6ccccc6)nc54)cc3)c2)nc2ccccc21. The van der Waals surface area contributed by atoms with E-state index in [0.29, 0.717) is 5.89 Å². The van der Waals surface area contributed by atoms with E-state index in [1.165, 1.54) is 22.3 Å². The van der Waals surface area contributed by atoms with Gasteiger partial charge >= 0.3 is 0 Å². The zero-order valence-electron chi connectivity index (χ0n) is 25.3. The Labute approximate surface area is 266 Å². The van der Waals surface area contributed by atoms with Gasteiger partial charge < -0.3 is 14.3 Å². The molecule has 6 aromatic carbocycles. The molecule has 0 bridgehead atoms. The van der Waals surface area contributed by atoms with Gasteiger partial charge in [0.2, 0.25) is 5.89 Å². The molecule has 0 spiro atoms. The third-order valence-corrected chi connectivity index (χ3v) is 9.09. The lowest BCUT2D eigenvalue weighted by atomic mass is 9.85. The van der Waals surface area contributed by atoms with E-state index in [1.807, 2.05) is 36.4 Å². The van der Waals surface area contributed by atoms with Gasteiger partial charge in [0.1, 0.15) is 11.3 Å². The Hall–Kier alpha value is -5.94. The summed E-state index contributed by atoms with van der Waals surface area (Å²) < 4.78 is 8.56. The van der Waals surface area contributed by atoms with Crippen LogP contribution in [0, 0.1) is 0 Å². The minimum absolute atomic E-state index is 0.0315. The minimum atomic E-state index is -0.0315. The second-order valence-electron chi connectivity index (χ2n) is 11.8. The summed E-state index contributed by atoms with van der Waals surface area (Å²) in [6, 6.07) is 48.7. The van der Waals surface area contributed by atoms with E-state index in [0.717, 1.165) is 62.4 Å². The molecule has 3 heterocycles. The van der Waals surface area contributed by atoms with Crippen molar-refractivity contribution >= 4 is 27.8 Å². The summed E-state index contributed by atoms with van der Waals surface area (Å²) in [4.78, 5) is 10.0. The quantitative estimate of drug-likeness (QED) is 0.215. The van der Waals surface area contributed by atoms with Crippen molar-refractivity contribution in [3.63, 3.8) is 0 Å². The first-order valence-corrected chi connectivity index (χ1v) is 15.8. The van der Waals surface area contributed by atoms with Gasteiger partial charge in [-0.25, -0.2) is 9.97 Å². The molecule has 8 aromatic rings. The molecule has 9 rings (SSSR count). The van der Waals surface area contributed by atoms with E-state index in [1.54, 1.807) is 0 Å². The summed E-state index contributed by atoms with van der Waals surface area (Å²) in [5.41, 5.74) is 14.0. The van der Waals surface area contributed by atoms with Crippen LogP contribution in [0.15, 0.2) is 144 Å². The highest BCUT2D eigenvalue weighted by molar-refractivity contribution is 6.00. The minimum Gasteiger partial charge on any atom is -0.436 e. The maximum Gasteiger partial charge on any atom is 0.227 e. The Morgan fingerprint density at radius 1 is 0.674 bits per heavy atom. The van der Waals surface area contributed by atoms with Crippen molar-refractivity contribution in [1.82, 2.24) is 14.5 Å². The Morgan fingerprint density at radius 3 is 2.30 bits per heavy atom. The van der Waals surface area contributed by atoms with Gasteiger partial charge in [-0.05, 0) is 71.6 Å². The van der Waals surface area contributed by atoms with Crippen molar-refractivity contribution in [2.24, 2.45) is 0 Å². The average molecular weight is 595 g/mol. The highest BCUT2D eigenvalue weighted by atomic mass is 16.3. The number of imidazole rings is 1. The van der Waals surface area contributed by atoms with E-state index in [2.05, 4.69) is 120 Å². The molecule has 46 heavy (non-hydrogen) atoms. The van der Waals surface area contributed by atoms with Crippen LogP contribution in [0.2, 0.25) is 0 Å². The molecule has 0 amide bonds. The summed E-state index contributed by atoms with van der Waals surface area (Å²) in [5, 5.41) is 3.82. The summed E-state index contributed by atoms with van der Waals surface area (Å²) >= 11 is 0. The van der Waals surface area contributed by atoms with Gasteiger partial charge in [0.25, 0.3) is 0 Å². The van der Waals surface area contributed by atoms with Crippen molar-refractivity contribution in [3.8, 4) is 45.1 Å². The topological polar surface area (TPSA) is 55.9 Å².